The number of carbonyl (C=O) groups is 1. The molecule has 1 amide bonds. The Balaban J connectivity index is 2.15. The molecule has 2 aromatic rings. The van der Waals surface area contributed by atoms with E-state index in [2.05, 4.69) is 10.6 Å². The molecule has 0 saturated heterocycles. The summed E-state index contributed by atoms with van der Waals surface area (Å²) in [5, 5.41) is 15.6. The van der Waals surface area contributed by atoms with E-state index in [1.165, 1.54) is 12.3 Å². The molecular formula is C16H11Cl3N4O. The highest BCUT2D eigenvalue weighted by molar-refractivity contribution is 6.36. The number of nitrogens with two attached hydrogens (primary N) is 1. The van der Waals surface area contributed by atoms with E-state index >= 15 is 0 Å². The number of carbonyl (C=O) groups excluding carboxylic acids is 1. The summed E-state index contributed by atoms with van der Waals surface area (Å²) in [7, 11) is 0. The lowest BCUT2D eigenvalue weighted by molar-refractivity contribution is -0.112. The van der Waals surface area contributed by atoms with Crippen molar-refractivity contribution in [1.29, 1.82) is 5.26 Å². The molecule has 0 aliphatic heterocycles. The molecule has 2 aromatic carbocycles. The molecule has 2 rings (SSSR count). The maximum atomic E-state index is 12.2. The van der Waals surface area contributed by atoms with Crippen molar-refractivity contribution in [1.82, 2.24) is 0 Å². The van der Waals surface area contributed by atoms with Crippen LogP contribution in [0.15, 0.2) is 48.2 Å². The lowest BCUT2D eigenvalue weighted by Crippen LogP contribution is -2.15. The largest absolute Gasteiger partial charge is 0.399 e. The fourth-order valence-corrected chi connectivity index (χ4v) is 2.43. The summed E-state index contributed by atoms with van der Waals surface area (Å²) in [5.41, 5.74) is 6.75. The quantitative estimate of drug-likeness (QED) is 0.407. The first-order valence-electron chi connectivity index (χ1n) is 6.59. The fourth-order valence-electron chi connectivity index (χ4n) is 1.73. The molecule has 0 atom stereocenters. The molecular weight excluding hydrogens is 371 g/mol. The van der Waals surface area contributed by atoms with Crippen molar-refractivity contribution in [2.24, 2.45) is 0 Å². The van der Waals surface area contributed by atoms with Gasteiger partial charge in [-0.3, -0.25) is 4.79 Å². The Labute approximate surface area is 153 Å². The van der Waals surface area contributed by atoms with Gasteiger partial charge in [-0.2, -0.15) is 5.26 Å². The summed E-state index contributed by atoms with van der Waals surface area (Å²) in [6.07, 6.45) is 1.25. The van der Waals surface area contributed by atoms with Crippen molar-refractivity contribution >= 4 is 57.8 Å². The number of hydrogen-bond acceptors (Lipinski definition) is 4. The molecule has 0 heterocycles. The number of rotatable bonds is 4. The minimum Gasteiger partial charge on any atom is -0.399 e. The minimum absolute atomic E-state index is 0.158. The van der Waals surface area contributed by atoms with E-state index in [-0.39, 0.29) is 10.6 Å². The van der Waals surface area contributed by atoms with E-state index in [1.807, 2.05) is 0 Å². The zero-order valence-corrected chi connectivity index (χ0v) is 14.4. The highest BCUT2D eigenvalue weighted by Crippen LogP contribution is 2.26. The highest BCUT2D eigenvalue weighted by Gasteiger charge is 2.12. The summed E-state index contributed by atoms with van der Waals surface area (Å²) in [5.74, 6) is -0.623. The Morgan fingerprint density at radius 2 is 1.75 bits per heavy atom. The number of nitrogens with one attached hydrogen (secondary N) is 2. The summed E-state index contributed by atoms with van der Waals surface area (Å²) in [4.78, 5) is 12.2. The van der Waals surface area contributed by atoms with Crippen molar-refractivity contribution in [2.75, 3.05) is 16.4 Å². The van der Waals surface area contributed by atoms with Crippen LogP contribution in [0.5, 0.6) is 0 Å². The number of nitrogens with zero attached hydrogens (tertiary/aromatic N) is 1. The first kappa shape index (κ1) is 18.0. The van der Waals surface area contributed by atoms with Crippen LogP contribution in [0.2, 0.25) is 15.1 Å². The monoisotopic (exact) mass is 380 g/mol. The van der Waals surface area contributed by atoms with Crippen molar-refractivity contribution < 1.29 is 4.79 Å². The molecule has 0 bridgehead atoms. The summed E-state index contributed by atoms with van der Waals surface area (Å²) >= 11 is 17.8. The van der Waals surface area contributed by atoms with Crippen LogP contribution < -0.4 is 16.4 Å². The van der Waals surface area contributed by atoms with Crippen LogP contribution in [0, 0.1) is 11.3 Å². The average Bonchev–Trinajstić information content (AvgIpc) is 2.52. The highest BCUT2D eigenvalue weighted by atomic mass is 35.5. The van der Waals surface area contributed by atoms with Crippen LogP contribution in [0.1, 0.15) is 0 Å². The molecule has 0 aliphatic rings. The number of nitrogen functional groups attached to an aromatic ring is 1. The molecule has 24 heavy (non-hydrogen) atoms. The average molecular weight is 382 g/mol. The van der Waals surface area contributed by atoms with Gasteiger partial charge in [0.1, 0.15) is 11.6 Å². The first-order valence-corrected chi connectivity index (χ1v) is 7.72. The van der Waals surface area contributed by atoms with Gasteiger partial charge in [0.25, 0.3) is 5.91 Å². The van der Waals surface area contributed by atoms with E-state index in [9.17, 15) is 4.79 Å². The smallest absolute Gasteiger partial charge is 0.267 e. The van der Waals surface area contributed by atoms with Gasteiger partial charge >= 0.3 is 0 Å². The van der Waals surface area contributed by atoms with Gasteiger partial charge in [-0.25, -0.2) is 0 Å². The first-order chi connectivity index (χ1) is 11.4. The van der Waals surface area contributed by atoms with Crippen LogP contribution in [0.3, 0.4) is 0 Å². The Morgan fingerprint density at radius 3 is 2.38 bits per heavy atom. The van der Waals surface area contributed by atoms with Crippen molar-refractivity contribution in [2.45, 2.75) is 0 Å². The minimum atomic E-state index is -0.623. The number of hydrogen-bond donors (Lipinski definition) is 3. The summed E-state index contributed by atoms with van der Waals surface area (Å²) in [6, 6.07) is 11.2. The number of amides is 1. The number of anilines is 3. The normalized spacial score (nSPS) is 10.8. The van der Waals surface area contributed by atoms with Gasteiger partial charge in [0.2, 0.25) is 0 Å². The lowest BCUT2D eigenvalue weighted by atomic mass is 10.2. The standard InChI is InChI=1S/C16H11Cl3N4O/c17-10-1-3-14(12(18)5-10)22-8-9(7-20)16(24)23-15-4-2-11(21)6-13(15)19/h1-6,8,22H,21H2,(H,23,24)/b9-8-. The molecule has 122 valence electrons. The van der Waals surface area contributed by atoms with E-state index in [0.717, 1.165) is 0 Å². The summed E-state index contributed by atoms with van der Waals surface area (Å²) in [6.45, 7) is 0. The molecule has 8 heteroatoms. The van der Waals surface area contributed by atoms with E-state index < -0.39 is 5.91 Å². The van der Waals surface area contributed by atoms with Gasteiger partial charge in [-0.05, 0) is 36.4 Å². The molecule has 0 radical (unpaired) electrons. The van der Waals surface area contributed by atoms with Crippen LogP contribution >= 0.6 is 34.8 Å². The second-order valence-electron chi connectivity index (χ2n) is 4.63. The molecule has 0 aromatic heterocycles. The molecule has 0 saturated carbocycles. The lowest BCUT2D eigenvalue weighted by Gasteiger charge is -2.08. The molecule has 0 fully saturated rings. The van der Waals surface area contributed by atoms with Gasteiger partial charge < -0.3 is 16.4 Å². The van der Waals surface area contributed by atoms with Crippen molar-refractivity contribution in [3.63, 3.8) is 0 Å². The Kier molecular flexibility index (Phi) is 5.93. The molecule has 0 spiro atoms. The van der Waals surface area contributed by atoms with Gasteiger partial charge in [-0.15, -0.1) is 0 Å². The van der Waals surface area contributed by atoms with E-state index in [0.29, 0.717) is 27.1 Å². The number of halogens is 3. The topological polar surface area (TPSA) is 90.9 Å². The second-order valence-corrected chi connectivity index (χ2v) is 5.88. The number of benzene rings is 2. The van der Waals surface area contributed by atoms with Crippen LogP contribution in [0.4, 0.5) is 17.1 Å². The molecule has 5 nitrogen and oxygen atoms in total. The van der Waals surface area contributed by atoms with Crippen LogP contribution in [0.25, 0.3) is 0 Å². The molecule has 4 N–H and O–H groups in total. The fraction of sp³-hybridized carbons (Fsp3) is 0. The third-order valence-corrected chi connectivity index (χ3v) is 3.77. The SMILES string of the molecule is N#C/C(=C/Nc1ccc(Cl)cc1Cl)C(=O)Nc1ccc(N)cc1Cl. The maximum absolute atomic E-state index is 12.2. The van der Waals surface area contributed by atoms with Gasteiger partial charge in [0.05, 0.1) is 21.4 Å². The summed E-state index contributed by atoms with van der Waals surface area (Å²) < 4.78 is 0. The van der Waals surface area contributed by atoms with Crippen molar-refractivity contribution in [3.8, 4) is 6.07 Å². The predicted molar refractivity (Wildman–Crippen MR) is 98.3 cm³/mol. The Hall–Kier alpha value is -2.39. The van der Waals surface area contributed by atoms with Gasteiger partial charge in [-0.1, -0.05) is 34.8 Å². The van der Waals surface area contributed by atoms with E-state index in [4.69, 9.17) is 45.8 Å². The number of nitriles is 1. The third-order valence-electron chi connectivity index (χ3n) is 2.91. The third kappa shape index (κ3) is 4.56. The molecule has 0 aliphatic carbocycles. The predicted octanol–water partition coefficient (Wildman–Crippen LogP) is 4.69. The van der Waals surface area contributed by atoms with Crippen LogP contribution in [-0.4, -0.2) is 5.91 Å². The maximum Gasteiger partial charge on any atom is 0.267 e. The van der Waals surface area contributed by atoms with Crippen LogP contribution in [-0.2, 0) is 4.79 Å². The van der Waals surface area contributed by atoms with Crippen molar-refractivity contribution in [3.05, 3.63) is 63.2 Å². The second kappa shape index (κ2) is 7.93. The Bertz CT molecular complexity index is 859. The van der Waals surface area contributed by atoms with Gasteiger partial charge in [0, 0.05) is 16.9 Å². The molecule has 0 unspecified atom stereocenters. The zero-order chi connectivity index (χ0) is 17.7. The Morgan fingerprint density at radius 1 is 1.08 bits per heavy atom. The zero-order valence-electron chi connectivity index (χ0n) is 12.1. The van der Waals surface area contributed by atoms with E-state index in [1.54, 1.807) is 36.4 Å². The van der Waals surface area contributed by atoms with Gasteiger partial charge in [0.15, 0.2) is 0 Å².